The van der Waals surface area contributed by atoms with Crippen LogP contribution in [0.1, 0.15) is 33.2 Å². The first-order valence-electron chi connectivity index (χ1n) is 9.39. The van der Waals surface area contributed by atoms with Gasteiger partial charge in [-0.1, -0.05) is 0 Å². The summed E-state index contributed by atoms with van der Waals surface area (Å²) >= 11 is 0. The molecular weight excluding hydrogens is 398 g/mol. The molecule has 8 heteroatoms. The summed E-state index contributed by atoms with van der Waals surface area (Å²) in [6.07, 6.45) is 8.25. The summed E-state index contributed by atoms with van der Waals surface area (Å²) < 4.78 is 10.3. The number of hydrogen-bond donors (Lipinski definition) is 1. The Balaban J connectivity index is 1.84. The van der Waals surface area contributed by atoms with E-state index >= 15 is 0 Å². The summed E-state index contributed by atoms with van der Waals surface area (Å²) in [5.41, 5.74) is 1.60. The van der Waals surface area contributed by atoms with Crippen molar-refractivity contribution in [3.05, 3.63) is 90.0 Å². The van der Waals surface area contributed by atoms with Gasteiger partial charge in [-0.25, -0.2) is 9.59 Å². The normalized spacial score (nSPS) is 10.5. The average Bonchev–Trinajstić information content (AvgIpc) is 2.79. The molecule has 1 amide bonds. The third-order valence-electron chi connectivity index (χ3n) is 4.02. The van der Waals surface area contributed by atoms with Crippen LogP contribution in [0.3, 0.4) is 0 Å². The fraction of sp³-hybridized carbons (Fsp3) is 0.0870. The number of allylic oxidation sites excluding steroid dienone is 1. The van der Waals surface area contributed by atoms with Crippen molar-refractivity contribution in [2.75, 3.05) is 11.9 Å². The Labute approximate surface area is 178 Å². The van der Waals surface area contributed by atoms with E-state index in [4.69, 9.17) is 9.47 Å². The number of carbonyl (C=O) groups excluding carboxylic acids is 3. The Morgan fingerprint density at radius 2 is 1.81 bits per heavy atom. The molecule has 8 nitrogen and oxygen atoms in total. The first kappa shape index (κ1) is 21.4. The Kier molecular flexibility index (Phi) is 7.21. The number of anilines is 1. The van der Waals surface area contributed by atoms with Crippen LogP contribution in [0.5, 0.6) is 5.75 Å². The van der Waals surface area contributed by atoms with Crippen molar-refractivity contribution in [2.45, 2.75) is 6.92 Å². The number of pyridine rings is 2. The van der Waals surface area contributed by atoms with Crippen LogP contribution in [0.2, 0.25) is 0 Å². The van der Waals surface area contributed by atoms with E-state index in [0.29, 0.717) is 16.8 Å². The number of nitrogens with zero attached hydrogens (tertiary/aromatic N) is 2. The van der Waals surface area contributed by atoms with Gasteiger partial charge in [-0.3, -0.25) is 20.1 Å². The molecule has 0 aliphatic carbocycles. The highest BCUT2D eigenvalue weighted by Gasteiger charge is 2.12. The lowest BCUT2D eigenvalue weighted by atomic mass is 10.1. The monoisotopic (exact) mass is 417 g/mol. The fourth-order valence-corrected chi connectivity index (χ4v) is 2.56. The maximum Gasteiger partial charge on any atom is 0.411 e. The number of esters is 1. The quantitative estimate of drug-likeness (QED) is 0.266. The molecule has 0 spiro atoms. The molecule has 2 aromatic heterocycles. The molecular formula is C23H19N3O5. The third-order valence-corrected chi connectivity index (χ3v) is 4.02. The Hall–Kier alpha value is -4.33. The summed E-state index contributed by atoms with van der Waals surface area (Å²) in [4.78, 5) is 44.3. The SMILES string of the molecule is CCOC(=O)Nc1cc(OC(=O)c2cccnc2)ccc1/C=C/C(=O)c1ccncc1. The summed E-state index contributed by atoms with van der Waals surface area (Å²) in [5, 5.41) is 2.59. The second kappa shape index (κ2) is 10.4. The lowest BCUT2D eigenvalue weighted by Crippen LogP contribution is -2.14. The number of carbonyl (C=O) groups is 3. The van der Waals surface area contributed by atoms with Gasteiger partial charge in [0.2, 0.25) is 0 Å². The maximum atomic E-state index is 12.3. The van der Waals surface area contributed by atoms with E-state index in [1.807, 2.05) is 0 Å². The molecule has 0 saturated carbocycles. The van der Waals surface area contributed by atoms with Gasteiger partial charge < -0.3 is 9.47 Å². The van der Waals surface area contributed by atoms with Gasteiger partial charge >= 0.3 is 12.1 Å². The minimum Gasteiger partial charge on any atom is -0.450 e. The van der Waals surface area contributed by atoms with Crippen LogP contribution in [0.4, 0.5) is 10.5 Å². The minimum atomic E-state index is -0.673. The van der Waals surface area contributed by atoms with Crippen LogP contribution < -0.4 is 10.1 Å². The molecule has 3 aromatic rings. The average molecular weight is 417 g/mol. The summed E-state index contributed by atoms with van der Waals surface area (Å²) in [6.45, 7) is 1.87. The van der Waals surface area contributed by atoms with Gasteiger partial charge in [0.05, 0.1) is 17.9 Å². The zero-order valence-corrected chi connectivity index (χ0v) is 16.6. The zero-order chi connectivity index (χ0) is 22.1. The van der Waals surface area contributed by atoms with Crippen molar-refractivity contribution in [3.8, 4) is 5.75 Å². The molecule has 0 bridgehead atoms. The Morgan fingerprint density at radius 1 is 1.00 bits per heavy atom. The highest BCUT2D eigenvalue weighted by molar-refractivity contribution is 6.07. The number of aromatic nitrogens is 2. The molecule has 2 heterocycles. The first-order chi connectivity index (χ1) is 15.1. The largest absolute Gasteiger partial charge is 0.450 e. The van der Waals surface area contributed by atoms with Crippen LogP contribution in [0.25, 0.3) is 6.08 Å². The van der Waals surface area contributed by atoms with Crippen LogP contribution in [-0.2, 0) is 4.74 Å². The fourth-order valence-electron chi connectivity index (χ4n) is 2.56. The first-order valence-corrected chi connectivity index (χ1v) is 9.39. The summed E-state index contributed by atoms with van der Waals surface area (Å²) in [5.74, 6) is -0.610. The second-order valence-corrected chi connectivity index (χ2v) is 6.16. The van der Waals surface area contributed by atoms with E-state index in [1.54, 1.807) is 55.6 Å². The van der Waals surface area contributed by atoms with Crippen molar-refractivity contribution in [1.29, 1.82) is 0 Å². The number of amides is 1. The van der Waals surface area contributed by atoms with Crippen molar-refractivity contribution in [3.63, 3.8) is 0 Å². The van der Waals surface area contributed by atoms with E-state index in [9.17, 15) is 14.4 Å². The van der Waals surface area contributed by atoms with Crippen LogP contribution >= 0.6 is 0 Å². The third kappa shape index (κ3) is 6.07. The molecule has 156 valence electrons. The highest BCUT2D eigenvalue weighted by atomic mass is 16.5. The van der Waals surface area contributed by atoms with E-state index in [0.717, 1.165) is 0 Å². The van der Waals surface area contributed by atoms with Gasteiger partial charge in [0, 0.05) is 36.4 Å². The van der Waals surface area contributed by atoms with Crippen LogP contribution in [0, 0.1) is 0 Å². The van der Waals surface area contributed by atoms with Crippen molar-refractivity contribution >= 4 is 29.6 Å². The van der Waals surface area contributed by atoms with Gasteiger partial charge in [0.15, 0.2) is 5.78 Å². The van der Waals surface area contributed by atoms with E-state index in [1.165, 1.54) is 30.7 Å². The summed E-state index contributed by atoms with van der Waals surface area (Å²) in [7, 11) is 0. The van der Waals surface area contributed by atoms with Gasteiger partial charge in [-0.15, -0.1) is 0 Å². The minimum absolute atomic E-state index is 0.188. The topological polar surface area (TPSA) is 107 Å². The second-order valence-electron chi connectivity index (χ2n) is 6.16. The lowest BCUT2D eigenvalue weighted by Gasteiger charge is -2.11. The molecule has 0 saturated heterocycles. The number of benzene rings is 1. The number of hydrogen-bond acceptors (Lipinski definition) is 7. The predicted molar refractivity (Wildman–Crippen MR) is 114 cm³/mol. The molecule has 0 unspecified atom stereocenters. The Morgan fingerprint density at radius 3 is 2.52 bits per heavy atom. The van der Waals surface area contributed by atoms with E-state index in [2.05, 4.69) is 15.3 Å². The number of ether oxygens (including phenoxy) is 2. The number of rotatable bonds is 7. The molecule has 0 aliphatic heterocycles. The number of nitrogens with one attached hydrogen (secondary N) is 1. The van der Waals surface area contributed by atoms with Crippen molar-refractivity contribution in [2.24, 2.45) is 0 Å². The zero-order valence-electron chi connectivity index (χ0n) is 16.6. The Bertz CT molecular complexity index is 1100. The van der Waals surface area contributed by atoms with Gasteiger partial charge in [-0.05, 0) is 61.0 Å². The van der Waals surface area contributed by atoms with Crippen molar-refractivity contribution in [1.82, 2.24) is 9.97 Å². The van der Waals surface area contributed by atoms with Gasteiger partial charge in [0.25, 0.3) is 0 Å². The molecule has 3 rings (SSSR count). The molecule has 0 fully saturated rings. The lowest BCUT2D eigenvalue weighted by molar-refractivity contribution is 0.0734. The van der Waals surface area contributed by atoms with Crippen LogP contribution in [0.15, 0.2) is 73.3 Å². The highest BCUT2D eigenvalue weighted by Crippen LogP contribution is 2.25. The predicted octanol–water partition coefficient (Wildman–Crippen LogP) is 4.16. The van der Waals surface area contributed by atoms with Gasteiger partial charge in [-0.2, -0.15) is 0 Å². The molecule has 0 aliphatic rings. The van der Waals surface area contributed by atoms with Gasteiger partial charge in [0.1, 0.15) is 5.75 Å². The summed E-state index contributed by atoms with van der Waals surface area (Å²) in [6, 6.07) is 11.1. The van der Waals surface area contributed by atoms with Crippen molar-refractivity contribution < 1.29 is 23.9 Å². The molecule has 31 heavy (non-hydrogen) atoms. The smallest absolute Gasteiger partial charge is 0.411 e. The molecule has 0 atom stereocenters. The molecule has 1 N–H and O–H groups in total. The standard InChI is InChI=1S/C23H19N3O5/c1-2-30-23(29)26-20-14-19(31-22(28)18-4-3-11-25-15-18)7-5-16(20)6-8-21(27)17-9-12-24-13-10-17/h3-15H,2H2,1H3,(H,26,29)/b8-6+. The van der Waals surface area contributed by atoms with E-state index < -0.39 is 12.1 Å². The maximum absolute atomic E-state index is 12.3. The van der Waals surface area contributed by atoms with Crippen LogP contribution in [-0.4, -0.2) is 34.4 Å². The molecule has 0 radical (unpaired) electrons. The van der Waals surface area contributed by atoms with E-state index in [-0.39, 0.29) is 23.7 Å². The number of ketones is 1. The molecule has 1 aromatic carbocycles.